The number of hydrogen-bond donors (Lipinski definition) is 3. The van der Waals surface area contributed by atoms with Crippen LogP contribution in [0.2, 0.25) is 0 Å². The molecule has 0 amide bonds. The van der Waals surface area contributed by atoms with Crippen molar-refractivity contribution < 1.29 is 15.0 Å². The molecule has 0 aromatic rings. The number of carboxylic acids is 1. The summed E-state index contributed by atoms with van der Waals surface area (Å²) in [5.41, 5.74) is 2.29. The van der Waals surface area contributed by atoms with Crippen LogP contribution in [0.1, 0.15) is 20.8 Å². The summed E-state index contributed by atoms with van der Waals surface area (Å²) in [7, 11) is 0. The summed E-state index contributed by atoms with van der Waals surface area (Å²) in [4.78, 5) is 10.4. The maximum Gasteiger partial charge on any atom is 0.326 e. The molecule has 0 rings (SSSR count). The lowest BCUT2D eigenvalue weighted by Crippen LogP contribution is -2.60. The van der Waals surface area contributed by atoms with Gasteiger partial charge in [0.2, 0.25) is 0 Å². The van der Waals surface area contributed by atoms with Crippen LogP contribution in [-0.2, 0) is 4.79 Å². The van der Waals surface area contributed by atoms with Gasteiger partial charge in [-0.05, 0) is 20.8 Å². The Morgan fingerprint density at radius 2 is 1.70 bits per heavy atom. The number of hydrogen-bond acceptors (Lipinski definition) is 3. The van der Waals surface area contributed by atoms with Crippen molar-refractivity contribution in [3.63, 3.8) is 0 Å². The lowest BCUT2D eigenvalue weighted by molar-refractivity contribution is -0.151. The fourth-order valence-corrected chi connectivity index (χ4v) is 0.262. The van der Waals surface area contributed by atoms with E-state index < -0.39 is 17.1 Å². The third-order valence-electron chi connectivity index (χ3n) is 1.72. The first-order valence-electron chi connectivity index (χ1n) is 2.94. The van der Waals surface area contributed by atoms with E-state index >= 15 is 0 Å². The maximum absolute atomic E-state index is 10.4. The van der Waals surface area contributed by atoms with Crippen LogP contribution in [0.5, 0.6) is 0 Å². The largest absolute Gasteiger partial charge is 0.480 e. The quantitative estimate of drug-likeness (QED) is 0.494. The second-order valence-electron chi connectivity index (χ2n) is 3.07. The molecule has 0 saturated heterocycles. The molecule has 0 fully saturated rings. The van der Waals surface area contributed by atoms with E-state index in [0.717, 1.165) is 0 Å². The number of aliphatic hydroxyl groups is 1. The van der Waals surface area contributed by atoms with Gasteiger partial charge in [-0.2, -0.15) is 0 Å². The lowest BCUT2D eigenvalue weighted by Gasteiger charge is -2.32. The van der Waals surface area contributed by atoms with Gasteiger partial charge in [0.1, 0.15) is 5.54 Å². The normalized spacial score (nSPS) is 18.1. The minimum Gasteiger partial charge on any atom is -0.480 e. The van der Waals surface area contributed by atoms with Gasteiger partial charge in [-0.3, -0.25) is 4.79 Å². The summed E-state index contributed by atoms with van der Waals surface area (Å²) < 4.78 is 0. The molecule has 1 atom stereocenters. The van der Waals surface area contributed by atoms with Gasteiger partial charge in [0.05, 0.1) is 5.60 Å². The summed E-state index contributed by atoms with van der Waals surface area (Å²) in [6, 6.07) is 0. The standard InChI is InChI=1S/C6H13NO3/c1-5(2,10)6(3,7)4(8)9/h10H,7H2,1-3H3,(H,8,9). The zero-order chi connectivity index (χ0) is 8.58. The average molecular weight is 147 g/mol. The summed E-state index contributed by atoms with van der Waals surface area (Å²) in [6.07, 6.45) is 0. The van der Waals surface area contributed by atoms with Gasteiger partial charge >= 0.3 is 5.97 Å². The van der Waals surface area contributed by atoms with Crippen molar-refractivity contribution >= 4 is 5.97 Å². The number of rotatable bonds is 2. The predicted octanol–water partition coefficient (Wildman–Crippen LogP) is -0.441. The van der Waals surface area contributed by atoms with Gasteiger partial charge in [-0.1, -0.05) is 0 Å². The smallest absolute Gasteiger partial charge is 0.326 e. The minimum absolute atomic E-state index is 1.21. The van der Waals surface area contributed by atoms with E-state index in [1.807, 2.05) is 0 Å². The van der Waals surface area contributed by atoms with E-state index in [4.69, 9.17) is 10.8 Å². The number of carboxylic acid groups (broad SMARTS) is 1. The van der Waals surface area contributed by atoms with E-state index in [0.29, 0.717) is 0 Å². The zero-order valence-corrected chi connectivity index (χ0v) is 6.38. The van der Waals surface area contributed by atoms with E-state index in [9.17, 15) is 9.90 Å². The highest BCUT2D eigenvalue weighted by molar-refractivity contribution is 5.79. The second kappa shape index (κ2) is 2.21. The Hall–Kier alpha value is -0.610. The topological polar surface area (TPSA) is 83.5 Å². The molecule has 4 heteroatoms. The molecule has 0 heterocycles. The van der Waals surface area contributed by atoms with Crippen molar-refractivity contribution in [1.29, 1.82) is 0 Å². The van der Waals surface area contributed by atoms with Crippen LogP contribution in [0, 0.1) is 0 Å². The van der Waals surface area contributed by atoms with Crippen LogP contribution in [0.25, 0.3) is 0 Å². The van der Waals surface area contributed by atoms with Gasteiger partial charge in [0, 0.05) is 0 Å². The first-order chi connectivity index (χ1) is 4.19. The first kappa shape index (κ1) is 9.39. The molecule has 0 aromatic carbocycles. The van der Waals surface area contributed by atoms with Gasteiger partial charge in [-0.15, -0.1) is 0 Å². The van der Waals surface area contributed by atoms with Gasteiger partial charge < -0.3 is 15.9 Å². The Kier molecular flexibility index (Phi) is 2.08. The Labute approximate surface area is 59.7 Å². The fraction of sp³-hybridized carbons (Fsp3) is 0.833. The third kappa shape index (κ3) is 1.46. The van der Waals surface area contributed by atoms with Crippen LogP contribution in [0.3, 0.4) is 0 Å². The van der Waals surface area contributed by atoms with E-state index in [1.165, 1.54) is 20.8 Å². The van der Waals surface area contributed by atoms with Gasteiger partial charge in [0.15, 0.2) is 0 Å². The van der Waals surface area contributed by atoms with Gasteiger partial charge in [-0.25, -0.2) is 0 Å². The van der Waals surface area contributed by atoms with Crippen molar-refractivity contribution in [3.05, 3.63) is 0 Å². The van der Waals surface area contributed by atoms with Crippen molar-refractivity contribution in [2.45, 2.75) is 31.9 Å². The van der Waals surface area contributed by atoms with Crippen molar-refractivity contribution in [3.8, 4) is 0 Å². The summed E-state index contributed by atoms with van der Waals surface area (Å²) >= 11 is 0. The molecule has 0 saturated carbocycles. The van der Waals surface area contributed by atoms with Crippen molar-refractivity contribution in [1.82, 2.24) is 0 Å². The average Bonchev–Trinajstić information content (AvgIpc) is 1.62. The van der Waals surface area contributed by atoms with Crippen LogP contribution in [0.15, 0.2) is 0 Å². The van der Waals surface area contributed by atoms with Crippen molar-refractivity contribution in [2.75, 3.05) is 0 Å². The molecule has 0 aromatic heterocycles. The molecular weight excluding hydrogens is 134 g/mol. The molecule has 10 heavy (non-hydrogen) atoms. The highest BCUT2D eigenvalue weighted by atomic mass is 16.4. The molecule has 0 aliphatic carbocycles. The second-order valence-corrected chi connectivity index (χ2v) is 3.07. The SMILES string of the molecule is CC(C)(O)C(C)(N)C(=O)O. The molecule has 0 bridgehead atoms. The lowest BCUT2D eigenvalue weighted by atomic mass is 9.85. The summed E-state index contributed by atoms with van der Waals surface area (Å²) in [6.45, 7) is 4.00. The number of carbonyl (C=O) groups is 1. The zero-order valence-electron chi connectivity index (χ0n) is 6.38. The Bertz CT molecular complexity index is 146. The number of nitrogens with two attached hydrogens (primary N) is 1. The molecule has 60 valence electrons. The Balaban J connectivity index is 4.57. The summed E-state index contributed by atoms with van der Waals surface area (Å²) in [5, 5.41) is 17.7. The molecule has 0 spiro atoms. The Morgan fingerprint density at radius 1 is 1.40 bits per heavy atom. The predicted molar refractivity (Wildman–Crippen MR) is 36.5 cm³/mol. The maximum atomic E-state index is 10.4. The van der Waals surface area contributed by atoms with Crippen LogP contribution in [0.4, 0.5) is 0 Å². The fourth-order valence-electron chi connectivity index (χ4n) is 0.262. The summed E-state index contributed by atoms with van der Waals surface area (Å²) in [5.74, 6) is -1.21. The molecule has 0 aliphatic heterocycles. The van der Waals surface area contributed by atoms with E-state index in [1.54, 1.807) is 0 Å². The third-order valence-corrected chi connectivity index (χ3v) is 1.72. The molecule has 0 aliphatic rings. The van der Waals surface area contributed by atoms with Crippen LogP contribution < -0.4 is 5.73 Å². The van der Waals surface area contributed by atoms with Crippen LogP contribution >= 0.6 is 0 Å². The molecule has 4 nitrogen and oxygen atoms in total. The molecule has 1 unspecified atom stereocenters. The molecule has 4 N–H and O–H groups in total. The van der Waals surface area contributed by atoms with Gasteiger partial charge in [0.25, 0.3) is 0 Å². The number of aliphatic carboxylic acids is 1. The minimum atomic E-state index is -1.59. The Morgan fingerprint density at radius 3 is 1.70 bits per heavy atom. The van der Waals surface area contributed by atoms with Crippen molar-refractivity contribution in [2.24, 2.45) is 5.73 Å². The highest BCUT2D eigenvalue weighted by Gasteiger charge is 2.42. The highest BCUT2D eigenvalue weighted by Crippen LogP contribution is 2.17. The molecular formula is C6H13NO3. The van der Waals surface area contributed by atoms with Crippen LogP contribution in [-0.4, -0.2) is 27.3 Å². The molecule has 0 radical (unpaired) electrons. The van der Waals surface area contributed by atoms with E-state index in [2.05, 4.69) is 0 Å². The monoisotopic (exact) mass is 147 g/mol. The first-order valence-corrected chi connectivity index (χ1v) is 2.94. The van der Waals surface area contributed by atoms with E-state index in [-0.39, 0.29) is 0 Å².